The number of aliphatic carboxylic acids is 1. The minimum absolute atomic E-state index is 0.175. The molecule has 1 aliphatic heterocycles. The molecule has 0 radical (unpaired) electrons. The molecule has 5 heteroatoms. The monoisotopic (exact) mass is 233 g/mol. The average molecular weight is 233 g/mol. The quantitative estimate of drug-likeness (QED) is 0.787. The summed E-state index contributed by atoms with van der Waals surface area (Å²) in [7, 11) is 0. The van der Waals surface area contributed by atoms with Gasteiger partial charge in [-0.2, -0.15) is 0 Å². The van der Waals surface area contributed by atoms with Gasteiger partial charge in [-0.25, -0.2) is 4.79 Å². The summed E-state index contributed by atoms with van der Waals surface area (Å²) in [5.41, 5.74) is 0.781. The van der Waals surface area contributed by atoms with Crippen molar-refractivity contribution in [3.63, 3.8) is 0 Å². The summed E-state index contributed by atoms with van der Waals surface area (Å²) in [6.07, 6.45) is -0.175. The number of anilines is 1. The molecular formula is C12H11NO4. The van der Waals surface area contributed by atoms with Crippen LogP contribution >= 0.6 is 0 Å². The number of hydrogen-bond acceptors (Lipinski definition) is 3. The predicted molar refractivity (Wildman–Crippen MR) is 60.0 cm³/mol. The van der Waals surface area contributed by atoms with Crippen LogP contribution in [0.2, 0.25) is 0 Å². The zero-order chi connectivity index (χ0) is 12.6. The first-order valence-electron chi connectivity index (χ1n) is 5.17. The summed E-state index contributed by atoms with van der Waals surface area (Å²) >= 11 is 0. The fourth-order valence-corrected chi connectivity index (χ4v) is 2.05. The van der Waals surface area contributed by atoms with Crippen molar-refractivity contribution < 1.29 is 19.5 Å². The van der Waals surface area contributed by atoms with Gasteiger partial charge < -0.3 is 5.11 Å². The molecule has 0 saturated heterocycles. The first kappa shape index (κ1) is 11.3. The number of carbonyl (C=O) groups excluding carboxylic acids is 2. The van der Waals surface area contributed by atoms with E-state index in [1.165, 1.54) is 11.8 Å². The number of hydrogen-bond donors (Lipinski definition) is 1. The van der Waals surface area contributed by atoms with Crippen molar-refractivity contribution in [2.75, 3.05) is 4.90 Å². The Morgan fingerprint density at radius 3 is 2.59 bits per heavy atom. The lowest BCUT2D eigenvalue weighted by Crippen LogP contribution is -2.48. The van der Waals surface area contributed by atoms with Crippen LogP contribution in [0.5, 0.6) is 0 Å². The second kappa shape index (κ2) is 4.01. The minimum atomic E-state index is -1.16. The number of nitrogens with zero attached hydrogens (tertiary/aromatic N) is 1. The number of carbonyl (C=O) groups is 3. The Morgan fingerprint density at radius 1 is 1.35 bits per heavy atom. The van der Waals surface area contributed by atoms with E-state index in [1.807, 2.05) is 0 Å². The number of carboxylic acid groups (broad SMARTS) is 1. The van der Waals surface area contributed by atoms with Crippen molar-refractivity contribution in [3.8, 4) is 0 Å². The Balaban J connectivity index is 2.58. The smallest absolute Gasteiger partial charge is 0.327 e. The van der Waals surface area contributed by atoms with Crippen LogP contribution in [0.4, 0.5) is 5.69 Å². The molecule has 1 atom stereocenters. The molecule has 0 aliphatic carbocycles. The predicted octanol–water partition coefficient (Wildman–Crippen LogP) is 1.08. The zero-order valence-electron chi connectivity index (χ0n) is 9.21. The number of rotatable bonds is 1. The molecular weight excluding hydrogens is 222 g/mol. The molecule has 0 aromatic heterocycles. The molecule has 0 saturated carbocycles. The van der Waals surface area contributed by atoms with Crippen LogP contribution in [0.25, 0.3) is 0 Å². The van der Waals surface area contributed by atoms with Gasteiger partial charge in [0.1, 0.15) is 6.04 Å². The summed E-state index contributed by atoms with van der Waals surface area (Å²) in [6, 6.07) is 5.45. The highest BCUT2D eigenvalue weighted by Crippen LogP contribution is 2.30. The lowest BCUT2D eigenvalue weighted by molar-refractivity contribution is -0.140. The number of Topliss-reactive ketones (excluding diaryl/α,β-unsaturated/α-hetero) is 1. The molecule has 1 amide bonds. The highest BCUT2D eigenvalue weighted by Gasteiger charge is 2.37. The van der Waals surface area contributed by atoms with Crippen LogP contribution in [0, 0.1) is 0 Å². The molecule has 0 fully saturated rings. The third-order valence-corrected chi connectivity index (χ3v) is 2.78. The topological polar surface area (TPSA) is 74.7 Å². The first-order valence-corrected chi connectivity index (χ1v) is 5.17. The van der Waals surface area contributed by atoms with Crippen LogP contribution < -0.4 is 4.90 Å². The van der Waals surface area contributed by atoms with Crippen molar-refractivity contribution >= 4 is 23.3 Å². The number of fused-ring (bicyclic) bond motifs is 1. The van der Waals surface area contributed by atoms with Crippen LogP contribution in [0.3, 0.4) is 0 Å². The SMILES string of the molecule is CC(=O)N1c2ccccc2C(=O)CC1C(=O)O. The number of para-hydroxylation sites is 1. The molecule has 17 heavy (non-hydrogen) atoms. The van der Waals surface area contributed by atoms with E-state index in [2.05, 4.69) is 0 Å². The van der Waals surface area contributed by atoms with E-state index in [4.69, 9.17) is 5.11 Å². The first-order chi connectivity index (χ1) is 8.02. The molecule has 5 nitrogen and oxygen atoms in total. The molecule has 1 aromatic rings. The maximum Gasteiger partial charge on any atom is 0.327 e. The van der Waals surface area contributed by atoms with E-state index in [9.17, 15) is 14.4 Å². The highest BCUT2D eigenvalue weighted by molar-refractivity contribution is 6.12. The van der Waals surface area contributed by atoms with Crippen LogP contribution in [-0.4, -0.2) is 28.8 Å². The number of amides is 1. The van der Waals surface area contributed by atoms with Crippen molar-refractivity contribution in [1.82, 2.24) is 0 Å². The average Bonchev–Trinajstić information content (AvgIpc) is 2.28. The Morgan fingerprint density at radius 2 is 2.00 bits per heavy atom. The van der Waals surface area contributed by atoms with E-state index in [0.29, 0.717) is 11.3 Å². The highest BCUT2D eigenvalue weighted by atomic mass is 16.4. The fraction of sp³-hybridized carbons (Fsp3) is 0.250. The molecule has 88 valence electrons. The van der Waals surface area contributed by atoms with E-state index < -0.39 is 12.0 Å². The molecule has 1 unspecified atom stereocenters. The third kappa shape index (κ3) is 1.80. The second-order valence-electron chi connectivity index (χ2n) is 3.89. The molecule has 1 aliphatic rings. The third-order valence-electron chi connectivity index (χ3n) is 2.78. The summed E-state index contributed by atoms with van der Waals surface area (Å²) < 4.78 is 0. The lowest BCUT2D eigenvalue weighted by Gasteiger charge is -2.33. The van der Waals surface area contributed by atoms with E-state index in [0.717, 1.165) is 0 Å². The number of carboxylic acids is 1. The molecule has 0 bridgehead atoms. The van der Waals surface area contributed by atoms with Crippen LogP contribution in [0.1, 0.15) is 23.7 Å². The largest absolute Gasteiger partial charge is 0.480 e. The van der Waals surface area contributed by atoms with Gasteiger partial charge in [-0.15, -0.1) is 0 Å². The van der Waals surface area contributed by atoms with Gasteiger partial charge in [0, 0.05) is 18.9 Å². The molecule has 1 heterocycles. The fourth-order valence-electron chi connectivity index (χ4n) is 2.05. The Bertz CT molecular complexity index is 509. The Labute approximate surface area is 97.7 Å². The van der Waals surface area contributed by atoms with Gasteiger partial charge in [-0.1, -0.05) is 12.1 Å². The second-order valence-corrected chi connectivity index (χ2v) is 3.89. The Hall–Kier alpha value is -2.17. The molecule has 0 spiro atoms. The van der Waals surface area contributed by atoms with E-state index >= 15 is 0 Å². The van der Waals surface area contributed by atoms with Crippen LogP contribution in [0.15, 0.2) is 24.3 Å². The van der Waals surface area contributed by atoms with Gasteiger partial charge in [0.15, 0.2) is 5.78 Å². The standard InChI is InChI=1S/C12H11NO4/c1-7(14)13-9-5-3-2-4-8(9)11(15)6-10(13)12(16)17/h2-5,10H,6H2,1H3,(H,16,17). The van der Waals surface area contributed by atoms with Gasteiger partial charge in [0.25, 0.3) is 0 Å². The lowest BCUT2D eigenvalue weighted by atomic mass is 9.94. The van der Waals surface area contributed by atoms with Gasteiger partial charge in [-0.05, 0) is 12.1 Å². The maximum absolute atomic E-state index is 11.8. The summed E-state index contributed by atoms with van der Waals surface area (Å²) in [6.45, 7) is 1.29. The molecule has 2 rings (SSSR count). The maximum atomic E-state index is 11.8. The zero-order valence-corrected chi connectivity index (χ0v) is 9.21. The van der Waals surface area contributed by atoms with Crippen molar-refractivity contribution in [2.45, 2.75) is 19.4 Å². The summed E-state index contributed by atoms with van der Waals surface area (Å²) in [4.78, 5) is 35.5. The normalized spacial score (nSPS) is 18.8. The van der Waals surface area contributed by atoms with Crippen molar-refractivity contribution in [1.29, 1.82) is 0 Å². The number of benzene rings is 1. The minimum Gasteiger partial charge on any atom is -0.480 e. The van der Waals surface area contributed by atoms with E-state index in [1.54, 1.807) is 24.3 Å². The number of ketones is 1. The van der Waals surface area contributed by atoms with Gasteiger partial charge >= 0.3 is 5.97 Å². The van der Waals surface area contributed by atoms with E-state index in [-0.39, 0.29) is 18.1 Å². The molecule has 1 N–H and O–H groups in total. The van der Waals surface area contributed by atoms with Crippen LogP contribution in [-0.2, 0) is 9.59 Å². The molecule has 1 aromatic carbocycles. The van der Waals surface area contributed by atoms with Gasteiger partial charge in [-0.3, -0.25) is 14.5 Å². The van der Waals surface area contributed by atoms with Crippen molar-refractivity contribution in [2.24, 2.45) is 0 Å². The van der Waals surface area contributed by atoms with Gasteiger partial charge in [0.05, 0.1) is 5.69 Å². The Kier molecular flexibility index (Phi) is 2.67. The van der Waals surface area contributed by atoms with Crippen molar-refractivity contribution in [3.05, 3.63) is 29.8 Å². The summed E-state index contributed by atoms with van der Waals surface area (Å²) in [5.74, 6) is -1.79. The summed E-state index contributed by atoms with van der Waals surface area (Å²) in [5, 5.41) is 9.05. The van der Waals surface area contributed by atoms with Gasteiger partial charge in [0.2, 0.25) is 5.91 Å².